The Labute approximate surface area is 174 Å². The molecule has 148 valence electrons. The zero-order valence-corrected chi connectivity index (χ0v) is 15.9. The van der Waals surface area contributed by atoms with Gasteiger partial charge in [-0.1, -0.05) is 0 Å². The van der Waals surface area contributed by atoms with E-state index < -0.39 is 5.82 Å². The lowest BCUT2D eigenvalue weighted by atomic mass is 10.1. The minimum Gasteiger partial charge on any atom is -0.335 e. The second-order valence-electron chi connectivity index (χ2n) is 6.93. The Morgan fingerprint density at radius 3 is 2.52 bits per heavy atom. The fourth-order valence-corrected chi connectivity index (χ4v) is 3.64. The molecule has 0 aliphatic rings. The van der Waals surface area contributed by atoms with E-state index in [1.54, 1.807) is 55.5 Å². The highest BCUT2D eigenvalue weighted by Crippen LogP contribution is 2.33. The first-order chi connectivity index (χ1) is 15.3. The number of aromatic amines is 2. The molecule has 0 unspecified atom stereocenters. The molecule has 6 aromatic rings. The van der Waals surface area contributed by atoms with Crippen molar-refractivity contribution < 1.29 is 4.39 Å². The molecule has 0 aliphatic carbocycles. The van der Waals surface area contributed by atoms with Gasteiger partial charge in [0.25, 0.3) is 0 Å². The van der Waals surface area contributed by atoms with Crippen LogP contribution in [-0.2, 0) is 0 Å². The Balaban J connectivity index is 1.56. The molecule has 0 bridgehead atoms. The maximum absolute atomic E-state index is 15.5. The molecule has 0 radical (unpaired) electrons. The predicted octanol–water partition coefficient (Wildman–Crippen LogP) is 4.16. The van der Waals surface area contributed by atoms with Crippen molar-refractivity contribution in [1.29, 1.82) is 0 Å². The monoisotopic (exact) mass is 408 g/mol. The average molecular weight is 408 g/mol. The summed E-state index contributed by atoms with van der Waals surface area (Å²) in [5, 5.41) is 7.47. The lowest BCUT2D eigenvalue weighted by Gasteiger charge is -2.03. The zero-order valence-electron chi connectivity index (χ0n) is 15.9. The summed E-state index contributed by atoms with van der Waals surface area (Å²) in [5.74, 6) is -0.0472. The molecule has 6 heterocycles. The van der Waals surface area contributed by atoms with Gasteiger partial charge in [0.15, 0.2) is 11.6 Å². The zero-order chi connectivity index (χ0) is 20.8. The number of fused-ring (bicyclic) bond motifs is 2. The standard InChI is InChI=1S/C22H13FN8/c23-18-17-15(11-27-19(18)13-2-1-5-25-8-13)30-31-21(17)22-28-16-10-26-9-14(20(16)29-22)12-3-6-24-7-4-12/h1-11H,(H,28,29)(H,30,31). The third-order valence-electron chi connectivity index (χ3n) is 5.09. The Hall–Kier alpha value is -4.53. The van der Waals surface area contributed by atoms with E-state index in [0.717, 1.165) is 16.6 Å². The van der Waals surface area contributed by atoms with Crippen LogP contribution in [0.3, 0.4) is 0 Å². The van der Waals surface area contributed by atoms with Gasteiger partial charge in [-0.25, -0.2) is 9.37 Å². The van der Waals surface area contributed by atoms with Crippen LogP contribution in [0.1, 0.15) is 0 Å². The number of rotatable bonds is 3. The molecular formula is C22H13FN8. The Morgan fingerprint density at radius 1 is 0.774 bits per heavy atom. The maximum atomic E-state index is 15.5. The minimum absolute atomic E-state index is 0.207. The molecule has 0 saturated heterocycles. The number of nitrogens with zero attached hydrogens (tertiary/aromatic N) is 6. The van der Waals surface area contributed by atoms with Gasteiger partial charge in [-0.3, -0.25) is 25.0 Å². The summed E-state index contributed by atoms with van der Waals surface area (Å²) < 4.78 is 15.5. The minimum atomic E-state index is -0.484. The van der Waals surface area contributed by atoms with Crippen LogP contribution in [0.5, 0.6) is 0 Å². The van der Waals surface area contributed by atoms with Crippen molar-refractivity contribution in [3.63, 3.8) is 0 Å². The molecular weight excluding hydrogens is 395 g/mol. The predicted molar refractivity (Wildman–Crippen MR) is 113 cm³/mol. The first-order valence-corrected chi connectivity index (χ1v) is 9.47. The fourth-order valence-electron chi connectivity index (χ4n) is 3.64. The molecule has 2 N–H and O–H groups in total. The quantitative estimate of drug-likeness (QED) is 0.455. The molecule has 6 aromatic heterocycles. The second kappa shape index (κ2) is 6.77. The largest absolute Gasteiger partial charge is 0.335 e. The number of pyridine rings is 4. The van der Waals surface area contributed by atoms with Crippen molar-refractivity contribution in [2.75, 3.05) is 0 Å². The van der Waals surface area contributed by atoms with E-state index in [4.69, 9.17) is 4.98 Å². The van der Waals surface area contributed by atoms with Gasteiger partial charge in [0, 0.05) is 42.1 Å². The number of hydrogen-bond donors (Lipinski definition) is 2. The van der Waals surface area contributed by atoms with E-state index in [-0.39, 0.29) is 5.69 Å². The highest BCUT2D eigenvalue weighted by atomic mass is 19.1. The number of H-pyrrole nitrogens is 2. The summed E-state index contributed by atoms with van der Waals surface area (Å²) in [5.41, 5.74) is 4.87. The molecule has 0 amide bonds. The Bertz CT molecular complexity index is 1540. The number of imidazole rings is 1. The summed E-state index contributed by atoms with van der Waals surface area (Å²) in [7, 11) is 0. The van der Waals surface area contributed by atoms with Gasteiger partial charge in [0.1, 0.15) is 11.4 Å². The lowest BCUT2D eigenvalue weighted by Crippen LogP contribution is -1.92. The van der Waals surface area contributed by atoms with Crippen LogP contribution in [0.2, 0.25) is 0 Å². The maximum Gasteiger partial charge on any atom is 0.161 e. The molecule has 0 fully saturated rings. The van der Waals surface area contributed by atoms with E-state index in [0.29, 0.717) is 33.5 Å². The number of nitrogens with one attached hydrogen (secondary N) is 2. The summed E-state index contributed by atoms with van der Waals surface area (Å²) >= 11 is 0. The van der Waals surface area contributed by atoms with Crippen molar-refractivity contribution in [1.82, 2.24) is 40.1 Å². The van der Waals surface area contributed by atoms with Gasteiger partial charge in [0.2, 0.25) is 0 Å². The van der Waals surface area contributed by atoms with Crippen molar-refractivity contribution in [2.45, 2.75) is 0 Å². The van der Waals surface area contributed by atoms with E-state index in [2.05, 4.69) is 35.1 Å². The van der Waals surface area contributed by atoms with Crippen molar-refractivity contribution in [3.8, 4) is 33.9 Å². The highest BCUT2D eigenvalue weighted by Gasteiger charge is 2.21. The molecule has 0 aliphatic heterocycles. The SMILES string of the molecule is Fc1c(-c2cccnc2)ncc2[nH]nc(-c3nc4c(-c5ccncc5)cncc4[nH]3)c12. The molecule has 0 aromatic carbocycles. The average Bonchev–Trinajstić information content (AvgIpc) is 3.45. The van der Waals surface area contributed by atoms with Crippen LogP contribution < -0.4 is 0 Å². The molecule has 8 nitrogen and oxygen atoms in total. The highest BCUT2D eigenvalue weighted by molar-refractivity contribution is 5.97. The van der Waals surface area contributed by atoms with Gasteiger partial charge in [-0.15, -0.1) is 0 Å². The van der Waals surface area contributed by atoms with Crippen LogP contribution in [-0.4, -0.2) is 40.1 Å². The van der Waals surface area contributed by atoms with Crippen molar-refractivity contribution in [3.05, 3.63) is 73.5 Å². The molecule has 0 spiro atoms. The second-order valence-corrected chi connectivity index (χ2v) is 6.93. The van der Waals surface area contributed by atoms with E-state index in [1.165, 1.54) is 0 Å². The molecule has 0 atom stereocenters. The van der Waals surface area contributed by atoms with E-state index >= 15 is 4.39 Å². The first kappa shape index (κ1) is 17.3. The van der Waals surface area contributed by atoms with Gasteiger partial charge in [-0.2, -0.15) is 5.10 Å². The van der Waals surface area contributed by atoms with Crippen molar-refractivity contribution >= 4 is 21.9 Å². The van der Waals surface area contributed by atoms with Crippen molar-refractivity contribution in [2.24, 2.45) is 0 Å². The third kappa shape index (κ3) is 2.75. The van der Waals surface area contributed by atoms with Crippen LogP contribution in [0, 0.1) is 5.82 Å². The number of halogens is 1. The summed E-state index contributed by atoms with van der Waals surface area (Å²) in [6.45, 7) is 0. The normalized spacial score (nSPS) is 11.4. The summed E-state index contributed by atoms with van der Waals surface area (Å²) in [4.78, 5) is 24.6. The van der Waals surface area contributed by atoms with Crippen LogP contribution in [0.25, 0.3) is 55.8 Å². The van der Waals surface area contributed by atoms with Gasteiger partial charge >= 0.3 is 0 Å². The topological polar surface area (TPSA) is 109 Å². The lowest BCUT2D eigenvalue weighted by molar-refractivity contribution is 0.638. The van der Waals surface area contributed by atoms with E-state index in [9.17, 15) is 0 Å². The molecule has 9 heteroatoms. The molecule has 31 heavy (non-hydrogen) atoms. The third-order valence-corrected chi connectivity index (χ3v) is 5.09. The first-order valence-electron chi connectivity index (χ1n) is 9.47. The van der Waals surface area contributed by atoms with Crippen LogP contribution in [0.4, 0.5) is 4.39 Å². The Morgan fingerprint density at radius 2 is 1.68 bits per heavy atom. The molecule has 6 rings (SSSR count). The van der Waals surface area contributed by atoms with Gasteiger partial charge < -0.3 is 4.98 Å². The fraction of sp³-hybridized carbons (Fsp3) is 0. The summed E-state index contributed by atoms with van der Waals surface area (Å²) in [6, 6.07) is 7.28. The van der Waals surface area contributed by atoms with E-state index in [1.807, 2.05) is 12.1 Å². The van der Waals surface area contributed by atoms with Crippen LogP contribution >= 0.6 is 0 Å². The smallest absolute Gasteiger partial charge is 0.161 e. The summed E-state index contributed by atoms with van der Waals surface area (Å²) in [6.07, 6.45) is 11.6. The van der Waals surface area contributed by atoms with Gasteiger partial charge in [0.05, 0.1) is 34.3 Å². The Kier molecular flexibility index (Phi) is 3.79. The molecule has 0 saturated carbocycles. The number of aromatic nitrogens is 8. The number of hydrogen-bond acceptors (Lipinski definition) is 6. The van der Waals surface area contributed by atoms with Crippen LogP contribution in [0.15, 0.2) is 67.6 Å². The van der Waals surface area contributed by atoms with Gasteiger partial charge in [-0.05, 0) is 29.8 Å².